The second-order valence-corrected chi connectivity index (χ2v) is 7.53. The fourth-order valence-electron chi connectivity index (χ4n) is 3.35. The number of nitrogens with one attached hydrogen (secondary N) is 2. The molecule has 0 aliphatic carbocycles. The van der Waals surface area contributed by atoms with Gasteiger partial charge in [0, 0.05) is 43.5 Å². The molecule has 4 rings (SSSR count). The van der Waals surface area contributed by atoms with E-state index < -0.39 is 5.97 Å². The molecule has 0 atom stereocenters. The molecular formula is C24H22N6O3. The van der Waals surface area contributed by atoms with E-state index in [-0.39, 0.29) is 11.5 Å². The number of hydrogen-bond donors (Lipinski definition) is 3. The smallest absolute Gasteiger partial charge is 0.337 e. The summed E-state index contributed by atoms with van der Waals surface area (Å²) < 4.78 is 0. The normalized spacial score (nSPS) is 10.6. The van der Waals surface area contributed by atoms with Crippen molar-refractivity contribution in [3.63, 3.8) is 0 Å². The summed E-state index contributed by atoms with van der Waals surface area (Å²) in [5.41, 5.74) is 2.58. The van der Waals surface area contributed by atoms with Crippen molar-refractivity contribution in [1.82, 2.24) is 15.0 Å². The number of hydrogen-bond acceptors (Lipinski definition) is 7. The van der Waals surface area contributed by atoms with Gasteiger partial charge in [0.15, 0.2) is 0 Å². The quantitative estimate of drug-likeness (QED) is 0.397. The molecule has 0 spiro atoms. The van der Waals surface area contributed by atoms with Crippen molar-refractivity contribution in [2.45, 2.75) is 6.54 Å². The highest BCUT2D eigenvalue weighted by Gasteiger charge is 2.13. The van der Waals surface area contributed by atoms with Gasteiger partial charge in [-0.1, -0.05) is 18.2 Å². The number of pyridine rings is 1. The molecule has 2 aromatic heterocycles. The highest BCUT2D eigenvalue weighted by atomic mass is 16.4. The first-order valence-corrected chi connectivity index (χ1v) is 10.2. The summed E-state index contributed by atoms with van der Waals surface area (Å²) >= 11 is 0. The average molecular weight is 442 g/mol. The predicted molar refractivity (Wildman–Crippen MR) is 127 cm³/mol. The molecule has 0 radical (unpaired) electrons. The molecule has 0 unspecified atom stereocenters. The maximum atomic E-state index is 12.7. The van der Waals surface area contributed by atoms with Crippen molar-refractivity contribution in [2.75, 3.05) is 29.6 Å². The van der Waals surface area contributed by atoms with Crippen LogP contribution in [-0.4, -0.2) is 46.0 Å². The summed E-state index contributed by atoms with van der Waals surface area (Å²) in [6.45, 7) is 0.424. The number of carboxylic acid groups (broad SMARTS) is 1. The topological polar surface area (TPSA) is 120 Å². The molecular weight excluding hydrogens is 420 g/mol. The number of carbonyl (C=O) groups is 2. The summed E-state index contributed by atoms with van der Waals surface area (Å²) in [4.78, 5) is 38.6. The van der Waals surface area contributed by atoms with Gasteiger partial charge in [-0.15, -0.1) is 0 Å². The third kappa shape index (κ3) is 4.87. The molecule has 0 bridgehead atoms. The molecule has 0 aliphatic rings. The second kappa shape index (κ2) is 9.31. The number of carboxylic acids is 1. The minimum Gasteiger partial charge on any atom is -0.478 e. The van der Waals surface area contributed by atoms with E-state index in [0.717, 1.165) is 5.56 Å². The Kier molecular flexibility index (Phi) is 6.12. The highest BCUT2D eigenvalue weighted by Crippen LogP contribution is 2.23. The van der Waals surface area contributed by atoms with Crippen LogP contribution >= 0.6 is 0 Å². The van der Waals surface area contributed by atoms with Crippen molar-refractivity contribution in [3.8, 4) is 0 Å². The van der Waals surface area contributed by atoms with Gasteiger partial charge < -0.3 is 20.6 Å². The van der Waals surface area contributed by atoms with E-state index in [1.807, 2.05) is 43.3 Å². The van der Waals surface area contributed by atoms with Gasteiger partial charge in [0.1, 0.15) is 18.0 Å². The number of nitrogens with zero attached hydrogens (tertiary/aromatic N) is 4. The van der Waals surface area contributed by atoms with Crippen LogP contribution in [0.5, 0.6) is 0 Å². The zero-order chi connectivity index (χ0) is 23.4. The van der Waals surface area contributed by atoms with Gasteiger partial charge in [-0.3, -0.25) is 4.79 Å². The zero-order valence-corrected chi connectivity index (χ0v) is 18.1. The fraction of sp³-hybridized carbons (Fsp3) is 0.125. The molecule has 2 heterocycles. The molecule has 3 N–H and O–H groups in total. The third-order valence-electron chi connectivity index (χ3n) is 5.01. The Balaban J connectivity index is 1.49. The Labute approximate surface area is 190 Å². The molecule has 2 aromatic carbocycles. The van der Waals surface area contributed by atoms with Crippen molar-refractivity contribution < 1.29 is 14.7 Å². The molecule has 9 nitrogen and oxygen atoms in total. The third-order valence-corrected chi connectivity index (χ3v) is 5.01. The first-order valence-electron chi connectivity index (χ1n) is 10.2. The molecule has 4 aromatic rings. The summed E-state index contributed by atoms with van der Waals surface area (Å²) in [6.07, 6.45) is 2.94. The Morgan fingerprint density at radius 3 is 2.61 bits per heavy atom. The summed E-state index contributed by atoms with van der Waals surface area (Å²) in [6, 6.07) is 15.8. The van der Waals surface area contributed by atoms with Crippen LogP contribution < -0.4 is 15.5 Å². The lowest BCUT2D eigenvalue weighted by atomic mass is 10.1. The number of benzene rings is 2. The predicted octanol–water partition coefficient (Wildman–Crippen LogP) is 3.65. The standard InChI is InChI=1S/C24H22N6O3/c1-30(2)20-12-16(9-10-25-20)23(31)29-17-6-3-5-15(11-17)13-26-22-18-7-4-8-19(24(32)33)21(18)27-14-28-22/h3-12,14H,13H2,1-2H3,(H,29,31)(H,32,33)(H,26,27,28). The van der Waals surface area contributed by atoms with Gasteiger partial charge in [0.25, 0.3) is 5.91 Å². The maximum Gasteiger partial charge on any atom is 0.337 e. The van der Waals surface area contributed by atoms with Crippen LogP contribution in [0.2, 0.25) is 0 Å². The SMILES string of the molecule is CN(C)c1cc(C(=O)Nc2cccc(CNc3ncnc4c(C(=O)O)cccc34)c2)ccn1. The van der Waals surface area contributed by atoms with Crippen molar-refractivity contribution in [3.05, 3.63) is 83.8 Å². The van der Waals surface area contributed by atoms with Crippen LogP contribution in [0.15, 0.2) is 67.1 Å². The number of rotatable bonds is 7. The van der Waals surface area contributed by atoms with E-state index in [9.17, 15) is 14.7 Å². The van der Waals surface area contributed by atoms with Crippen LogP contribution in [0.3, 0.4) is 0 Å². The number of aromatic carboxylic acids is 1. The Morgan fingerprint density at radius 2 is 1.82 bits per heavy atom. The lowest BCUT2D eigenvalue weighted by Gasteiger charge is -2.13. The second-order valence-electron chi connectivity index (χ2n) is 7.53. The molecule has 0 saturated carbocycles. The molecule has 0 fully saturated rings. The van der Waals surface area contributed by atoms with Crippen LogP contribution in [0.25, 0.3) is 10.9 Å². The summed E-state index contributed by atoms with van der Waals surface area (Å²) in [7, 11) is 3.73. The lowest BCUT2D eigenvalue weighted by molar-refractivity contribution is 0.0698. The van der Waals surface area contributed by atoms with E-state index in [2.05, 4.69) is 25.6 Å². The van der Waals surface area contributed by atoms with Gasteiger partial charge in [-0.05, 0) is 42.0 Å². The monoisotopic (exact) mass is 442 g/mol. The first kappa shape index (κ1) is 21.7. The fourth-order valence-corrected chi connectivity index (χ4v) is 3.35. The number of anilines is 3. The first-order chi connectivity index (χ1) is 15.9. The molecule has 33 heavy (non-hydrogen) atoms. The molecule has 0 aliphatic heterocycles. The van der Waals surface area contributed by atoms with Crippen molar-refractivity contribution in [1.29, 1.82) is 0 Å². The van der Waals surface area contributed by atoms with Crippen molar-refractivity contribution in [2.24, 2.45) is 0 Å². The Hall–Kier alpha value is -4.53. The van der Waals surface area contributed by atoms with Crippen LogP contribution in [0.1, 0.15) is 26.3 Å². The highest BCUT2D eigenvalue weighted by molar-refractivity contribution is 6.05. The lowest BCUT2D eigenvalue weighted by Crippen LogP contribution is -2.15. The molecule has 166 valence electrons. The Bertz CT molecular complexity index is 1340. The summed E-state index contributed by atoms with van der Waals surface area (Å²) in [5, 5.41) is 16.1. The maximum absolute atomic E-state index is 12.7. The van der Waals surface area contributed by atoms with Gasteiger partial charge in [0.2, 0.25) is 0 Å². The van der Waals surface area contributed by atoms with E-state index in [4.69, 9.17) is 0 Å². The van der Waals surface area contributed by atoms with Gasteiger partial charge in [-0.2, -0.15) is 0 Å². The van der Waals surface area contributed by atoms with E-state index in [0.29, 0.717) is 40.3 Å². The number of carbonyl (C=O) groups excluding carboxylic acids is 1. The molecule has 9 heteroatoms. The van der Waals surface area contributed by atoms with Crippen LogP contribution in [0, 0.1) is 0 Å². The summed E-state index contributed by atoms with van der Waals surface area (Å²) in [5.74, 6) is -0.0385. The van der Waals surface area contributed by atoms with Crippen LogP contribution in [0.4, 0.5) is 17.3 Å². The number of para-hydroxylation sites is 1. The largest absolute Gasteiger partial charge is 0.478 e. The van der Waals surface area contributed by atoms with Gasteiger partial charge in [-0.25, -0.2) is 19.7 Å². The zero-order valence-electron chi connectivity index (χ0n) is 18.1. The van der Waals surface area contributed by atoms with E-state index in [1.165, 1.54) is 12.4 Å². The minimum atomic E-state index is -1.04. The van der Waals surface area contributed by atoms with Gasteiger partial charge in [0.05, 0.1) is 11.1 Å². The number of fused-ring (bicyclic) bond motifs is 1. The molecule has 1 amide bonds. The van der Waals surface area contributed by atoms with E-state index in [1.54, 1.807) is 30.5 Å². The number of aromatic nitrogens is 3. The Morgan fingerprint density at radius 1 is 1.00 bits per heavy atom. The van der Waals surface area contributed by atoms with E-state index >= 15 is 0 Å². The van der Waals surface area contributed by atoms with Gasteiger partial charge >= 0.3 is 5.97 Å². The van der Waals surface area contributed by atoms with Crippen molar-refractivity contribution >= 4 is 40.1 Å². The molecule has 0 saturated heterocycles. The number of amides is 1. The average Bonchev–Trinajstić information content (AvgIpc) is 2.82. The minimum absolute atomic E-state index is 0.121. The van der Waals surface area contributed by atoms with Crippen LogP contribution in [-0.2, 0) is 6.54 Å².